The van der Waals surface area contributed by atoms with Crippen LogP contribution in [0.25, 0.3) is 5.70 Å². The number of rotatable bonds is 2. The van der Waals surface area contributed by atoms with Crippen LogP contribution in [-0.2, 0) is 10.2 Å². The predicted octanol–water partition coefficient (Wildman–Crippen LogP) is 5.10. The number of anilines is 2. The fourth-order valence-electron chi connectivity index (χ4n) is 6.02. The number of hydrogen-bond donors (Lipinski definition) is 1. The number of likely N-dealkylation sites (N-methyl/N-ethyl adjacent to an activating group) is 1. The molecule has 7 rings (SSSR count). The monoisotopic (exact) mass is 513 g/mol. The van der Waals surface area contributed by atoms with Gasteiger partial charge in [0, 0.05) is 58.4 Å². The molecule has 0 saturated carbocycles. The van der Waals surface area contributed by atoms with E-state index in [1.54, 1.807) is 55.6 Å². The summed E-state index contributed by atoms with van der Waals surface area (Å²) in [7, 11) is 1.63. The highest BCUT2D eigenvalue weighted by atomic mass is 16.6. The molecule has 2 aliphatic heterocycles. The maximum Gasteiger partial charge on any atom is 0.269 e. The first-order valence-electron chi connectivity index (χ1n) is 12.3. The van der Waals surface area contributed by atoms with Crippen molar-refractivity contribution in [3.63, 3.8) is 0 Å². The van der Waals surface area contributed by atoms with Gasteiger partial charge < -0.3 is 10.2 Å². The summed E-state index contributed by atoms with van der Waals surface area (Å²) in [6, 6.07) is 23.6. The Morgan fingerprint density at radius 3 is 2.21 bits per heavy atom. The standard InChI is InChI=1S/C31H19N3O5/c1-33-25-14-11-18(34(38)39)15-23(25)31(30(33)37)16-24(17-7-3-2-4-8-17)32-27-22(31)13-12-21-26(27)29(36)20-10-6-5-9-19(20)28(21)35/h2-16,32H,1H3. The maximum atomic E-state index is 14.2. The van der Waals surface area contributed by atoms with Gasteiger partial charge in [0.1, 0.15) is 5.41 Å². The second kappa shape index (κ2) is 7.82. The molecule has 1 amide bonds. The lowest BCUT2D eigenvalue weighted by Gasteiger charge is -2.36. The molecule has 2 heterocycles. The Bertz CT molecular complexity index is 1840. The topological polar surface area (TPSA) is 110 Å². The molecular weight excluding hydrogens is 494 g/mol. The number of nitrogens with zero attached hydrogens (tertiary/aromatic N) is 2. The average Bonchev–Trinajstić information content (AvgIpc) is 3.17. The Labute approximate surface area is 222 Å². The zero-order valence-electron chi connectivity index (χ0n) is 20.6. The van der Waals surface area contributed by atoms with Crippen molar-refractivity contribution in [2.75, 3.05) is 17.3 Å². The van der Waals surface area contributed by atoms with Gasteiger partial charge in [0.2, 0.25) is 5.91 Å². The highest BCUT2D eigenvalue weighted by Gasteiger charge is 2.54. The van der Waals surface area contributed by atoms with Gasteiger partial charge in [-0.05, 0) is 23.8 Å². The lowest BCUT2D eigenvalue weighted by molar-refractivity contribution is -0.384. The van der Waals surface area contributed by atoms with E-state index in [4.69, 9.17) is 0 Å². The third-order valence-corrected chi connectivity index (χ3v) is 7.84. The summed E-state index contributed by atoms with van der Waals surface area (Å²) >= 11 is 0. The highest BCUT2D eigenvalue weighted by Crippen LogP contribution is 2.54. The molecule has 0 fully saturated rings. The van der Waals surface area contributed by atoms with E-state index < -0.39 is 10.3 Å². The van der Waals surface area contributed by atoms with Gasteiger partial charge in [-0.1, -0.05) is 60.7 Å². The van der Waals surface area contributed by atoms with Crippen LogP contribution in [-0.4, -0.2) is 29.4 Å². The van der Waals surface area contributed by atoms with Gasteiger partial charge in [-0.25, -0.2) is 0 Å². The molecule has 39 heavy (non-hydrogen) atoms. The average molecular weight is 514 g/mol. The van der Waals surface area contributed by atoms with E-state index in [0.717, 1.165) is 5.56 Å². The van der Waals surface area contributed by atoms with E-state index >= 15 is 0 Å². The first-order valence-corrected chi connectivity index (χ1v) is 12.3. The van der Waals surface area contributed by atoms with Crippen LogP contribution in [0, 0.1) is 10.1 Å². The number of benzene rings is 4. The molecule has 0 saturated heterocycles. The van der Waals surface area contributed by atoms with Gasteiger partial charge in [-0.15, -0.1) is 0 Å². The maximum absolute atomic E-state index is 14.2. The number of carbonyl (C=O) groups is 3. The van der Waals surface area contributed by atoms with Crippen LogP contribution >= 0.6 is 0 Å². The minimum Gasteiger partial charge on any atom is -0.354 e. The normalized spacial score (nSPS) is 18.6. The third-order valence-electron chi connectivity index (χ3n) is 7.84. The van der Waals surface area contributed by atoms with Crippen LogP contribution in [0.2, 0.25) is 0 Å². The Morgan fingerprint density at radius 1 is 0.795 bits per heavy atom. The molecule has 0 bridgehead atoms. The number of fused-ring (bicyclic) bond motifs is 7. The number of ketones is 2. The van der Waals surface area contributed by atoms with E-state index in [9.17, 15) is 24.5 Å². The van der Waals surface area contributed by atoms with Crippen molar-refractivity contribution < 1.29 is 19.3 Å². The minimum atomic E-state index is -1.46. The number of hydrogen-bond acceptors (Lipinski definition) is 6. The number of non-ortho nitro benzene ring substituents is 1. The molecule has 8 nitrogen and oxygen atoms in total. The molecule has 1 N–H and O–H groups in total. The zero-order valence-corrected chi connectivity index (χ0v) is 20.6. The summed E-state index contributed by atoms with van der Waals surface area (Å²) < 4.78 is 0. The van der Waals surface area contributed by atoms with E-state index in [1.165, 1.54) is 17.0 Å². The summed E-state index contributed by atoms with van der Waals surface area (Å²) in [5, 5.41) is 15.1. The Balaban J connectivity index is 1.58. The van der Waals surface area contributed by atoms with E-state index in [2.05, 4.69) is 5.32 Å². The summed E-state index contributed by atoms with van der Waals surface area (Å²) in [6.07, 6.45) is 1.77. The molecule has 8 heteroatoms. The number of amides is 1. The summed E-state index contributed by atoms with van der Waals surface area (Å²) in [6.45, 7) is 0. The molecule has 4 aromatic rings. The molecule has 0 radical (unpaired) electrons. The molecule has 1 spiro atoms. The quantitative estimate of drug-likeness (QED) is 0.260. The van der Waals surface area contributed by atoms with Crippen LogP contribution in [0.5, 0.6) is 0 Å². The van der Waals surface area contributed by atoms with Gasteiger partial charge in [0.15, 0.2) is 11.6 Å². The van der Waals surface area contributed by atoms with Crippen LogP contribution < -0.4 is 10.2 Å². The van der Waals surface area contributed by atoms with Crippen LogP contribution in [0.15, 0.2) is 91.0 Å². The second-order valence-electron chi connectivity index (χ2n) is 9.79. The van der Waals surface area contributed by atoms with Gasteiger partial charge in [-0.3, -0.25) is 24.5 Å². The molecule has 4 aromatic carbocycles. The van der Waals surface area contributed by atoms with E-state index in [0.29, 0.717) is 39.3 Å². The van der Waals surface area contributed by atoms with Crippen molar-refractivity contribution in [2.45, 2.75) is 5.41 Å². The molecule has 1 atom stereocenters. The van der Waals surface area contributed by atoms with Gasteiger partial charge in [0.05, 0.1) is 16.2 Å². The molecule has 0 aromatic heterocycles. The smallest absolute Gasteiger partial charge is 0.269 e. The van der Waals surface area contributed by atoms with Crippen molar-refractivity contribution >= 4 is 40.2 Å². The third kappa shape index (κ3) is 2.91. The zero-order chi connectivity index (χ0) is 27.1. The van der Waals surface area contributed by atoms with Crippen molar-refractivity contribution in [1.29, 1.82) is 0 Å². The lowest BCUT2D eigenvalue weighted by atomic mass is 9.69. The Kier molecular flexibility index (Phi) is 4.57. The molecule has 3 aliphatic rings. The fraction of sp³-hybridized carbons (Fsp3) is 0.0645. The van der Waals surface area contributed by atoms with Gasteiger partial charge >= 0.3 is 0 Å². The number of carbonyl (C=O) groups excluding carboxylic acids is 3. The largest absolute Gasteiger partial charge is 0.354 e. The van der Waals surface area contributed by atoms with Gasteiger partial charge in [-0.2, -0.15) is 0 Å². The minimum absolute atomic E-state index is 0.149. The molecular formula is C31H19N3O5. The number of nitro benzene ring substituents is 1. The van der Waals surface area contributed by atoms with E-state index in [1.807, 2.05) is 30.3 Å². The first-order chi connectivity index (χ1) is 18.8. The molecule has 188 valence electrons. The van der Waals surface area contributed by atoms with Crippen LogP contribution in [0.1, 0.15) is 48.5 Å². The highest BCUT2D eigenvalue weighted by molar-refractivity contribution is 6.31. The first kappa shape index (κ1) is 22.8. The molecule has 1 unspecified atom stereocenters. The SMILES string of the molecule is CN1C(=O)C2(C=C(c3ccccc3)Nc3c2ccc2c3C(=O)c3ccccc3C2=O)c2cc([N+](=O)[O-])ccc21. The number of nitro groups is 1. The van der Waals surface area contributed by atoms with Crippen LogP contribution in [0.3, 0.4) is 0 Å². The Morgan fingerprint density at radius 2 is 1.49 bits per heavy atom. The van der Waals surface area contributed by atoms with Crippen molar-refractivity contribution in [2.24, 2.45) is 0 Å². The second-order valence-corrected chi connectivity index (χ2v) is 9.79. The number of nitrogens with one attached hydrogen (secondary N) is 1. The summed E-state index contributed by atoms with van der Waals surface area (Å²) in [5.74, 6) is -0.920. The fourth-order valence-corrected chi connectivity index (χ4v) is 6.02. The van der Waals surface area contributed by atoms with Gasteiger partial charge in [0.25, 0.3) is 5.69 Å². The lowest BCUT2D eigenvalue weighted by Crippen LogP contribution is -2.41. The van der Waals surface area contributed by atoms with Crippen molar-refractivity contribution in [3.8, 4) is 0 Å². The van der Waals surface area contributed by atoms with E-state index in [-0.39, 0.29) is 34.3 Å². The predicted molar refractivity (Wildman–Crippen MR) is 145 cm³/mol. The molecule has 1 aliphatic carbocycles. The Hall–Kier alpha value is -5.37. The summed E-state index contributed by atoms with van der Waals surface area (Å²) in [4.78, 5) is 54.3. The summed E-state index contributed by atoms with van der Waals surface area (Å²) in [5.41, 5.74) is 2.53. The van der Waals surface area contributed by atoms with Crippen molar-refractivity contribution in [3.05, 3.63) is 140 Å². The van der Waals surface area contributed by atoms with Crippen molar-refractivity contribution in [1.82, 2.24) is 0 Å². The van der Waals surface area contributed by atoms with Crippen LogP contribution in [0.4, 0.5) is 17.1 Å².